The lowest BCUT2D eigenvalue weighted by Crippen LogP contribution is -2.30. The highest BCUT2D eigenvalue weighted by Gasteiger charge is 2.20. The Balaban J connectivity index is 1.48. The number of hydrogen-bond acceptors (Lipinski definition) is 3. The predicted octanol–water partition coefficient (Wildman–Crippen LogP) is 5.16. The third-order valence-corrected chi connectivity index (χ3v) is 7.45. The molecule has 0 aliphatic heterocycles. The first-order chi connectivity index (χ1) is 16.2. The fourth-order valence-electron chi connectivity index (χ4n) is 4.35. The lowest BCUT2D eigenvalue weighted by molar-refractivity contribution is 0.0940. The van der Waals surface area contributed by atoms with Crippen LogP contribution in [0.1, 0.15) is 58.4 Å². The second-order valence-electron chi connectivity index (χ2n) is 8.84. The van der Waals surface area contributed by atoms with Crippen LogP contribution in [0.5, 0.6) is 0 Å². The third-order valence-electron chi connectivity index (χ3n) is 6.31. The molecule has 7 heteroatoms. The van der Waals surface area contributed by atoms with Crippen LogP contribution in [0.2, 0.25) is 0 Å². The van der Waals surface area contributed by atoms with Crippen molar-refractivity contribution in [1.29, 1.82) is 0 Å². The van der Waals surface area contributed by atoms with Crippen LogP contribution in [0.4, 0.5) is 10.1 Å². The smallest absolute Gasteiger partial charge is 0.251 e. The van der Waals surface area contributed by atoms with E-state index in [9.17, 15) is 17.6 Å². The minimum Gasteiger partial charge on any atom is -0.346 e. The number of anilines is 1. The van der Waals surface area contributed by atoms with Crippen molar-refractivity contribution >= 4 is 21.6 Å². The molecule has 1 N–H and O–H groups in total. The Labute approximate surface area is 200 Å². The molecule has 0 aromatic heterocycles. The quantitative estimate of drug-likeness (QED) is 0.508. The largest absolute Gasteiger partial charge is 0.346 e. The van der Waals surface area contributed by atoms with Gasteiger partial charge in [0.05, 0.1) is 24.5 Å². The monoisotopic (exact) mass is 480 g/mol. The van der Waals surface area contributed by atoms with Crippen molar-refractivity contribution in [3.63, 3.8) is 0 Å². The zero-order valence-electron chi connectivity index (χ0n) is 19.4. The highest BCUT2D eigenvalue weighted by molar-refractivity contribution is 7.92. The molecule has 1 unspecified atom stereocenters. The van der Waals surface area contributed by atoms with Gasteiger partial charge in [0.1, 0.15) is 5.82 Å². The van der Waals surface area contributed by atoms with E-state index in [4.69, 9.17) is 0 Å². The van der Waals surface area contributed by atoms with Gasteiger partial charge < -0.3 is 5.32 Å². The highest BCUT2D eigenvalue weighted by atomic mass is 32.2. The Morgan fingerprint density at radius 1 is 1.00 bits per heavy atom. The molecule has 0 bridgehead atoms. The lowest BCUT2D eigenvalue weighted by Gasteiger charge is -2.23. The number of sulfonamides is 1. The summed E-state index contributed by atoms with van der Waals surface area (Å²) in [6, 6.07) is 18.7. The number of rotatable bonds is 7. The van der Waals surface area contributed by atoms with Crippen LogP contribution in [0, 0.1) is 5.82 Å². The summed E-state index contributed by atoms with van der Waals surface area (Å²) in [5.74, 6) is -0.708. The SMILES string of the molecule is CC(NC(=O)c1ccc(N(Cc2ccccc2F)S(C)(=O)=O)cc1)c1ccc2c(c1)CCCC2. The highest BCUT2D eigenvalue weighted by Crippen LogP contribution is 2.26. The Morgan fingerprint density at radius 2 is 1.68 bits per heavy atom. The van der Waals surface area contributed by atoms with E-state index in [1.54, 1.807) is 42.5 Å². The van der Waals surface area contributed by atoms with Crippen molar-refractivity contribution in [2.45, 2.75) is 45.2 Å². The molecule has 0 saturated carbocycles. The molecule has 3 aromatic rings. The number of benzene rings is 3. The molecule has 1 amide bonds. The number of amides is 1. The maximum atomic E-state index is 14.1. The lowest BCUT2D eigenvalue weighted by atomic mass is 9.89. The molecule has 3 aromatic carbocycles. The average molecular weight is 481 g/mol. The van der Waals surface area contributed by atoms with Crippen molar-refractivity contribution in [3.05, 3.63) is 100 Å². The van der Waals surface area contributed by atoms with Gasteiger partial charge in [-0.15, -0.1) is 0 Å². The second kappa shape index (κ2) is 9.97. The van der Waals surface area contributed by atoms with Gasteiger partial charge in [0.15, 0.2) is 0 Å². The minimum atomic E-state index is -3.66. The molecule has 1 aliphatic rings. The van der Waals surface area contributed by atoms with Crippen molar-refractivity contribution in [3.8, 4) is 0 Å². The zero-order chi connectivity index (χ0) is 24.3. The summed E-state index contributed by atoms with van der Waals surface area (Å²) < 4.78 is 40.0. The molecule has 0 saturated heterocycles. The molecular weight excluding hydrogens is 451 g/mol. The van der Waals surface area contributed by atoms with Crippen LogP contribution in [-0.4, -0.2) is 20.6 Å². The maximum absolute atomic E-state index is 14.1. The summed E-state index contributed by atoms with van der Waals surface area (Å²) in [7, 11) is -3.66. The van der Waals surface area contributed by atoms with E-state index < -0.39 is 15.8 Å². The van der Waals surface area contributed by atoms with Gasteiger partial charge in [0.25, 0.3) is 5.91 Å². The normalized spacial score (nSPS) is 14.2. The van der Waals surface area contributed by atoms with Crippen molar-refractivity contribution < 1.29 is 17.6 Å². The fraction of sp³-hybridized carbons (Fsp3) is 0.296. The molecule has 0 heterocycles. The van der Waals surface area contributed by atoms with E-state index in [1.807, 2.05) is 6.92 Å². The summed E-state index contributed by atoms with van der Waals surface area (Å²) in [5.41, 5.74) is 4.89. The van der Waals surface area contributed by atoms with E-state index >= 15 is 0 Å². The zero-order valence-corrected chi connectivity index (χ0v) is 20.2. The molecule has 178 valence electrons. The van der Waals surface area contributed by atoms with Gasteiger partial charge >= 0.3 is 0 Å². The summed E-state index contributed by atoms with van der Waals surface area (Å²) in [5, 5.41) is 3.03. The topological polar surface area (TPSA) is 66.5 Å². The summed E-state index contributed by atoms with van der Waals surface area (Å²) in [6.07, 6.45) is 5.70. The van der Waals surface area contributed by atoms with E-state index in [2.05, 4.69) is 23.5 Å². The van der Waals surface area contributed by atoms with Crippen molar-refractivity contribution in [1.82, 2.24) is 5.32 Å². The van der Waals surface area contributed by atoms with Crippen LogP contribution in [0.25, 0.3) is 0 Å². The van der Waals surface area contributed by atoms with Crippen LogP contribution in [0.15, 0.2) is 66.7 Å². The predicted molar refractivity (Wildman–Crippen MR) is 133 cm³/mol. The average Bonchev–Trinajstić information content (AvgIpc) is 2.82. The first-order valence-corrected chi connectivity index (χ1v) is 13.3. The van der Waals surface area contributed by atoms with Gasteiger partial charge in [-0.1, -0.05) is 36.4 Å². The van der Waals surface area contributed by atoms with Gasteiger partial charge in [0.2, 0.25) is 10.0 Å². The first kappa shape index (κ1) is 24.0. The van der Waals surface area contributed by atoms with Crippen molar-refractivity contribution in [2.75, 3.05) is 10.6 Å². The van der Waals surface area contributed by atoms with Gasteiger partial charge in [-0.2, -0.15) is 0 Å². The summed E-state index contributed by atoms with van der Waals surface area (Å²) in [6.45, 7) is 1.82. The molecule has 5 nitrogen and oxygen atoms in total. The maximum Gasteiger partial charge on any atom is 0.251 e. The van der Waals surface area contributed by atoms with E-state index in [-0.39, 0.29) is 24.1 Å². The molecular formula is C27H29FN2O3S. The molecule has 0 radical (unpaired) electrons. The number of carbonyl (C=O) groups excluding carboxylic acids is 1. The Kier molecular flexibility index (Phi) is 7.03. The van der Waals surface area contributed by atoms with E-state index in [0.29, 0.717) is 11.3 Å². The number of halogens is 1. The summed E-state index contributed by atoms with van der Waals surface area (Å²) >= 11 is 0. The standard InChI is InChI=1S/C27H29FN2O3S/c1-19(22-12-11-20-7-3-4-8-23(20)17-22)29-27(31)21-13-15-25(16-14-21)30(34(2,32)33)18-24-9-5-6-10-26(24)28/h5-6,9-17,19H,3-4,7-8,18H2,1-2H3,(H,29,31). The van der Waals surface area contributed by atoms with Gasteiger partial charge in [-0.05, 0) is 79.6 Å². The molecule has 0 fully saturated rings. The van der Waals surface area contributed by atoms with Crippen LogP contribution < -0.4 is 9.62 Å². The number of aryl methyl sites for hydroxylation is 2. The number of hydrogen-bond donors (Lipinski definition) is 1. The molecule has 1 atom stereocenters. The Hall–Kier alpha value is -3.19. The fourth-order valence-corrected chi connectivity index (χ4v) is 5.22. The van der Waals surface area contributed by atoms with E-state index in [0.717, 1.165) is 29.0 Å². The second-order valence-corrected chi connectivity index (χ2v) is 10.7. The Morgan fingerprint density at radius 3 is 2.35 bits per heavy atom. The Bertz CT molecular complexity index is 1290. The van der Waals surface area contributed by atoms with Crippen molar-refractivity contribution in [2.24, 2.45) is 0 Å². The van der Waals surface area contributed by atoms with Crippen LogP contribution in [0.3, 0.4) is 0 Å². The molecule has 34 heavy (non-hydrogen) atoms. The van der Waals surface area contributed by atoms with Gasteiger partial charge in [0, 0.05) is 11.1 Å². The van der Waals surface area contributed by atoms with E-state index in [1.165, 1.54) is 30.0 Å². The van der Waals surface area contributed by atoms with Gasteiger partial charge in [-0.25, -0.2) is 12.8 Å². The molecule has 0 spiro atoms. The van der Waals surface area contributed by atoms with Crippen LogP contribution in [-0.2, 0) is 29.4 Å². The third kappa shape index (κ3) is 5.47. The van der Waals surface area contributed by atoms with Gasteiger partial charge in [-0.3, -0.25) is 9.10 Å². The number of nitrogens with one attached hydrogen (secondary N) is 1. The number of nitrogens with zero attached hydrogens (tertiary/aromatic N) is 1. The molecule has 1 aliphatic carbocycles. The summed E-state index contributed by atoms with van der Waals surface area (Å²) in [4.78, 5) is 12.8. The number of carbonyl (C=O) groups is 1. The molecule has 4 rings (SSSR count). The van der Waals surface area contributed by atoms with Crippen LogP contribution >= 0.6 is 0 Å². The number of fused-ring (bicyclic) bond motifs is 1. The first-order valence-electron chi connectivity index (χ1n) is 11.5. The minimum absolute atomic E-state index is 0.133.